The van der Waals surface area contributed by atoms with Crippen LogP contribution in [0, 0.1) is 20.8 Å². The average molecular weight is 322 g/mol. The molecule has 5 nitrogen and oxygen atoms in total. The number of para-hydroxylation sites is 1. The van der Waals surface area contributed by atoms with E-state index in [1.54, 1.807) is 6.20 Å². The van der Waals surface area contributed by atoms with Crippen molar-refractivity contribution in [3.8, 4) is 0 Å². The number of rotatable bonds is 3. The summed E-state index contributed by atoms with van der Waals surface area (Å²) >= 11 is 0. The predicted molar refractivity (Wildman–Crippen MR) is 96.5 cm³/mol. The van der Waals surface area contributed by atoms with Gasteiger partial charge in [-0.05, 0) is 51.8 Å². The van der Waals surface area contributed by atoms with Gasteiger partial charge in [-0.3, -0.25) is 4.79 Å². The van der Waals surface area contributed by atoms with E-state index in [0.29, 0.717) is 11.3 Å². The minimum atomic E-state index is -0.142. The number of hydrogen-bond donors (Lipinski definition) is 1. The van der Waals surface area contributed by atoms with E-state index in [-0.39, 0.29) is 11.9 Å². The van der Waals surface area contributed by atoms with Gasteiger partial charge in [0.2, 0.25) is 0 Å². The van der Waals surface area contributed by atoms with Crippen LogP contribution in [0.1, 0.15) is 47.1 Å². The third-order valence-electron chi connectivity index (χ3n) is 4.21. The van der Waals surface area contributed by atoms with E-state index >= 15 is 0 Å². The monoisotopic (exact) mass is 322 g/mol. The molecule has 0 spiro atoms. The van der Waals surface area contributed by atoms with Gasteiger partial charge in [-0.2, -0.15) is 5.10 Å². The lowest BCUT2D eigenvalue weighted by Crippen LogP contribution is -2.16. The van der Waals surface area contributed by atoms with Crippen molar-refractivity contribution in [3.05, 3.63) is 52.8 Å². The van der Waals surface area contributed by atoms with Crippen LogP contribution in [0.4, 0.5) is 5.69 Å². The van der Waals surface area contributed by atoms with Gasteiger partial charge >= 0.3 is 0 Å². The summed E-state index contributed by atoms with van der Waals surface area (Å²) in [6.45, 7) is 9.96. The largest absolute Gasteiger partial charge is 0.321 e. The normalized spacial score (nSPS) is 11.2. The van der Waals surface area contributed by atoms with Crippen LogP contribution < -0.4 is 5.32 Å². The quantitative estimate of drug-likeness (QED) is 0.786. The Morgan fingerprint density at radius 1 is 1.17 bits per heavy atom. The van der Waals surface area contributed by atoms with Gasteiger partial charge in [-0.15, -0.1) is 0 Å². The molecule has 0 saturated carbocycles. The standard InChI is InChI=1S/C19H22N4O/c1-11(2)23-18-15(10-20-23)9-16(14(5)21-18)19(24)22-17-12(3)7-6-8-13(17)4/h6-11H,1-5H3,(H,22,24). The molecule has 3 aromatic rings. The molecule has 0 atom stereocenters. The van der Waals surface area contributed by atoms with E-state index < -0.39 is 0 Å². The Hall–Kier alpha value is -2.69. The van der Waals surface area contributed by atoms with E-state index in [9.17, 15) is 4.79 Å². The highest BCUT2D eigenvalue weighted by Gasteiger charge is 2.16. The van der Waals surface area contributed by atoms with Crippen molar-refractivity contribution in [1.82, 2.24) is 14.8 Å². The molecule has 0 aliphatic heterocycles. The molecule has 0 radical (unpaired) electrons. The maximum Gasteiger partial charge on any atom is 0.257 e. The highest BCUT2D eigenvalue weighted by molar-refractivity contribution is 6.07. The molecule has 24 heavy (non-hydrogen) atoms. The summed E-state index contributed by atoms with van der Waals surface area (Å²) in [5, 5.41) is 8.27. The predicted octanol–water partition coefficient (Wildman–Crippen LogP) is 4.19. The second-order valence-electron chi connectivity index (χ2n) is 6.44. The van der Waals surface area contributed by atoms with Crippen molar-refractivity contribution < 1.29 is 4.79 Å². The molecule has 0 bridgehead atoms. The Bertz CT molecular complexity index is 904. The summed E-state index contributed by atoms with van der Waals surface area (Å²) in [5.74, 6) is -0.142. The van der Waals surface area contributed by atoms with Crippen LogP contribution in [0.2, 0.25) is 0 Å². The van der Waals surface area contributed by atoms with Gasteiger partial charge in [-0.25, -0.2) is 9.67 Å². The maximum atomic E-state index is 12.7. The smallest absolute Gasteiger partial charge is 0.257 e. The van der Waals surface area contributed by atoms with Crippen molar-refractivity contribution in [3.63, 3.8) is 0 Å². The number of nitrogens with zero attached hydrogens (tertiary/aromatic N) is 3. The Morgan fingerprint density at radius 3 is 2.46 bits per heavy atom. The first-order chi connectivity index (χ1) is 11.4. The minimum Gasteiger partial charge on any atom is -0.321 e. The molecule has 0 unspecified atom stereocenters. The highest BCUT2D eigenvalue weighted by Crippen LogP contribution is 2.23. The van der Waals surface area contributed by atoms with E-state index in [1.807, 2.05) is 49.7 Å². The molecule has 5 heteroatoms. The number of nitrogens with one attached hydrogen (secondary N) is 1. The van der Waals surface area contributed by atoms with Gasteiger partial charge in [0.05, 0.1) is 17.5 Å². The van der Waals surface area contributed by atoms with Gasteiger partial charge in [0, 0.05) is 17.1 Å². The van der Waals surface area contributed by atoms with Crippen molar-refractivity contribution >= 4 is 22.6 Å². The summed E-state index contributed by atoms with van der Waals surface area (Å²) in [4.78, 5) is 17.3. The van der Waals surface area contributed by atoms with E-state index in [1.165, 1.54) is 0 Å². The molecule has 0 saturated heterocycles. The zero-order valence-corrected chi connectivity index (χ0v) is 14.7. The number of hydrogen-bond acceptors (Lipinski definition) is 3. The maximum absolute atomic E-state index is 12.7. The van der Waals surface area contributed by atoms with Gasteiger partial charge in [0.25, 0.3) is 5.91 Å². The first-order valence-electron chi connectivity index (χ1n) is 8.11. The van der Waals surface area contributed by atoms with Crippen LogP contribution in [0.25, 0.3) is 11.0 Å². The van der Waals surface area contributed by atoms with E-state index in [2.05, 4.69) is 29.2 Å². The second-order valence-corrected chi connectivity index (χ2v) is 6.44. The molecule has 0 aliphatic rings. The van der Waals surface area contributed by atoms with Crippen LogP contribution in [0.5, 0.6) is 0 Å². The Labute approximate surface area is 141 Å². The van der Waals surface area contributed by atoms with Crippen LogP contribution in [-0.4, -0.2) is 20.7 Å². The second kappa shape index (κ2) is 6.07. The first kappa shape index (κ1) is 16.2. The Kier molecular flexibility index (Phi) is 4.09. The van der Waals surface area contributed by atoms with Crippen LogP contribution in [0.15, 0.2) is 30.5 Å². The van der Waals surface area contributed by atoms with Gasteiger partial charge in [0.1, 0.15) is 0 Å². The fourth-order valence-corrected chi connectivity index (χ4v) is 2.87. The molecule has 0 aliphatic carbocycles. The lowest BCUT2D eigenvalue weighted by atomic mass is 10.1. The summed E-state index contributed by atoms with van der Waals surface area (Å²) in [7, 11) is 0. The minimum absolute atomic E-state index is 0.142. The molecular formula is C19H22N4O. The highest BCUT2D eigenvalue weighted by atomic mass is 16.1. The molecule has 0 fully saturated rings. The number of carbonyl (C=O) groups excluding carboxylic acids is 1. The van der Waals surface area contributed by atoms with Crippen molar-refractivity contribution in [1.29, 1.82) is 0 Å². The third-order valence-corrected chi connectivity index (χ3v) is 4.21. The molecule has 2 heterocycles. The Morgan fingerprint density at radius 2 is 1.83 bits per heavy atom. The number of aromatic nitrogens is 3. The van der Waals surface area contributed by atoms with Crippen molar-refractivity contribution in [2.75, 3.05) is 5.32 Å². The fraction of sp³-hybridized carbons (Fsp3) is 0.316. The zero-order chi connectivity index (χ0) is 17.4. The summed E-state index contributed by atoms with van der Waals surface area (Å²) < 4.78 is 1.87. The van der Waals surface area contributed by atoms with Crippen molar-refractivity contribution in [2.45, 2.75) is 40.7 Å². The van der Waals surface area contributed by atoms with E-state index in [4.69, 9.17) is 0 Å². The molecule has 2 aromatic heterocycles. The molecule has 124 valence electrons. The Balaban J connectivity index is 2.00. The SMILES string of the molecule is Cc1cccc(C)c1NC(=O)c1cc2cnn(C(C)C)c2nc1C. The molecule has 3 rings (SSSR count). The number of aryl methyl sites for hydroxylation is 3. The molecule has 1 aromatic carbocycles. The van der Waals surface area contributed by atoms with Crippen LogP contribution in [-0.2, 0) is 0 Å². The number of carbonyl (C=O) groups is 1. The lowest BCUT2D eigenvalue weighted by Gasteiger charge is -2.13. The van der Waals surface area contributed by atoms with Crippen LogP contribution in [0.3, 0.4) is 0 Å². The molecular weight excluding hydrogens is 300 g/mol. The summed E-state index contributed by atoms with van der Waals surface area (Å²) in [6.07, 6.45) is 1.76. The van der Waals surface area contributed by atoms with Gasteiger partial charge < -0.3 is 5.32 Å². The number of amides is 1. The molecule has 1 N–H and O–H groups in total. The number of anilines is 1. The van der Waals surface area contributed by atoms with E-state index in [0.717, 1.165) is 27.8 Å². The molecule has 1 amide bonds. The fourth-order valence-electron chi connectivity index (χ4n) is 2.87. The topological polar surface area (TPSA) is 59.8 Å². The average Bonchev–Trinajstić information content (AvgIpc) is 2.93. The van der Waals surface area contributed by atoms with Crippen LogP contribution >= 0.6 is 0 Å². The zero-order valence-electron chi connectivity index (χ0n) is 14.7. The number of benzene rings is 1. The van der Waals surface area contributed by atoms with Crippen molar-refractivity contribution in [2.24, 2.45) is 0 Å². The lowest BCUT2D eigenvalue weighted by molar-refractivity contribution is 0.102. The van der Waals surface area contributed by atoms with Gasteiger partial charge in [-0.1, -0.05) is 18.2 Å². The number of pyridine rings is 1. The van der Waals surface area contributed by atoms with Gasteiger partial charge in [0.15, 0.2) is 5.65 Å². The summed E-state index contributed by atoms with van der Waals surface area (Å²) in [6, 6.07) is 8.06. The number of fused-ring (bicyclic) bond motifs is 1. The summed E-state index contributed by atoms with van der Waals surface area (Å²) in [5.41, 5.74) is 5.04. The third kappa shape index (κ3) is 2.77. The first-order valence-corrected chi connectivity index (χ1v) is 8.11.